The van der Waals surface area contributed by atoms with E-state index in [2.05, 4.69) is 0 Å². The summed E-state index contributed by atoms with van der Waals surface area (Å²) in [5.74, 6) is 0.455. The van der Waals surface area contributed by atoms with Crippen molar-refractivity contribution in [1.82, 2.24) is 9.79 Å². The van der Waals surface area contributed by atoms with Gasteiger partial charge in [0.1, 0.15) is 23.2 Å². The number of ether oxygens (including phenoxy) is 4. The van der Waals surface area contributed by atoms with Crippen LogP contribution in [-0.2, 0) is 10.0 Å². The molecule has 2 aromatic carbocycles. The SMILES string of the molecule is COc1ccc(OC2CCN(S(=O)(=O)c3ccc(OC)c(OC)c3C(=O)NO)CC2)cc1. The normalized spacial score (nSPS) is 15.1. The first-order chi connectivity index (χ1) is 15.3. The van der Waals surface area contributed by atoms with Crippen molar-refractivity contribution in [1.29, 1.82) is 0 Å². The molecule has 0 bridgehead atoms. The van der Waals surface area contributed by atoms with Gasteiger partial charge in [0.25, 0.3) is 5.91 Å². The van der Waals surface area contributed by atoms with Crippen molar-refractivity contribution in [2.24, 2.45) is 0 Å². The third kappa shape index (κ3) is 4.74. The van der Waals surface area contributed by atoms with Gasteiger partial charge in [0.05, 0.1) is 26.2 Å². The molecule has 174 valence electrons. The lowest BCUT2D eigenvalue weighted by molar-refractivity contribution is 0.0698. The summed E-state index contributed by atoms with van der Waals surface area (Å²) in [6.45, 7) is 0.412. The monoisotopic (exact) mass is 466 g/mol. The van der Waals surface area contributed by atoms with Crippen molar-refractivity contribution in [3.05, 3.63) is 42.0 Å². The van der Waals surface area contributed by atoms with E-state index >= 15 is 0 Å². The highest BCUT2D eigenvalue weighted by Crippen LogP contribution is 2.37. The molecule has 0 aliphatic carbocycles. The summed E-state index contributed by atoms with van der Waals surface area (Å²) >= 11 is 0. The third-order valence-corrected chi connectivity index (χ3v) is 7.16. The van der Waals surface area contributed by atoms with Crippen LogP contribution < -0.4 is 24.4 Å². The second kappa shape index (κ2) is 10.1. The van der Waals surface area contributed by atoms with Gasteiger partial charge in [0, 0.05) is 13.1 Å². The molecule has 32 heavy (non-hydrogen) atoms. The molecule has 2 N–H and O–H groups in total. The Balaban J connectivity index is 1.79. The fraction of sp³-hybridized carbons (Fsp3) is 0.381. The summed E-state index contributed by atoms with van der Waals surface area (Å²) < 4.78 is 49.4. The molecule has 0 aromatic heterocycles. The Morgan fingerprint density at radius 3 is 2.12 bits per heavy atom. The Bertz CT molecular complexity index is 1050. The number of benzene rings is 2. The number of hydrogen-bond acceptors (Lipinski definition) is 8. The molecule has 0 radical (unpaired) electrons. The van der Waals surface area contributed by atoms with E-state index in [1.165, 1.54) is 36.1 Å². The predicted octanol–water partition coefficient (Wildman–Crippen LogP) is 2.06. The van der Waals surface area contributed by atoms with Crippen molar-refractivity contribution >= 4 is 15.9 Å². The number of nitrogens with zero attached hydrogens (tertiary/aromatic N) is 1. The van der Waals surface area contributed by atoms with Crippen molar-refractivity contribution in [3.8, 4) is 23.0 Å². The molecule has 0 saturated carbocycles. The highest BCUT2D eigenvalue weighted by atomic mass is 32.2. The predicted molar refractivity (Wildman–Crippen MR) is 114 cm³/mol. The van der Waals surface area contributed by atoms with Gasteiger partial charge in [-0.15, -0.1) is 0 Å². The average molecular weight is 467 g/mol. The van der Waals surface area contributed by atoms with Crippen LogP contribution >= 0.6 is 0 Å². The van der Waals surface area contributed by atoms with Crippen LogP contribution in [0, 0.1) is 0 Å². The maximum Gasteiger partial charge on any atom is 0.279 e. The Morgan fingerprint density at radius 2 is 1.59 bits per heavy atom. The molecule has 2 aromatic rings. The van der Waals surface area contributed by atoms with E-state index in [4.69, 9.17) is 24.2 Å². The molecular formula is C21H26N2O8S. The number of hydrogen-bond donors (Lipinski definition) is 2. The molecule has 1 amide bonds. The second-order valence-corrected chi connectivity index (χ2v) is 8.92. The lowest BCUT2D eigenvalue weighted by Crippen LogP contribution is -2.42. The number of rotatable bonds is 8. The number of carbonyl (C=O) groups is 1. The van der Waals surface area contributed by atoms with Gasteiger partial charge in [0.2, 0.25) is 10.0 Å². The number of piperidine rings is 1. The van der Waals surface area contributed by atoms with Crippen LogP contribution in [0.25, 0.3) is 0 Å². The minimum atomic E-state index is -4.06. The van der Waals surface area contributed by atoms with Crippen LogP contribution in [-0.4, -0.2) is 64.4 Å². The maximum atomic E-state index is 13.3. The van der Waals surface area contributed by atoms with Crippen molar-refractivity contribution in [3.63, 3.8) is 0 Å². The molecule has 0 atom stereocenters. The topological polar surface area (TPSA) is 124 Å². The van der Waals surface area contributed by atoms with Crippen molar-refractivity contribution < 1.29 is 37.4 Å². The summed E-state index contributed by atoms with van der Waals surface area (Å²) in [6, 6.07) is 9.84. The van der Waals surface area contributed by atoms with E-state index in [9.17, 15) is 13.2 Å². The third-order valence-electron chi connectivity index (χ3n) is 5.22. The number of sulfonamides is 1. The summed E-state index contributed by atoms with van der Waals surface area (Å²) in [6.07, 6.45) is 0.792. The molecule has 1 saturated heterocycles. The molecule has 10 nitrogen and oxygen atoms in total. The quantitative estimate of drug-likeness (QED) is 0.448. The van der Waals surface area contributed by atoms with E-state index in [-0.39, 0.29) is 41.2 Å². The van der Waals surface area contributed by atoms with E-state index < -0.39 is 15.9 Å². The Morgan fingerprint density at radius 1 is 0.969 bits per heavy atom. The van der Waals surface area contributed by atoms with Crippen LogP contribution in [0.5, 0.6) is 23.0 Å². The summed E-state index contributed by atoms with van der Waals surface area (Å²) in [5.41, 5.74) is 1.15. The Kier molecular flexibility index (Phi) is 7.44. The maximum absolute atomic E-state index is 13.3. The first-order valence-corrected chi connectivity index (χ1v) is 11.3. The van der Waals surface area contributed by atoms with Gasteiger partial charge in [-0.3, -0.25) is 10.0 Å². The molecule has 1 aliphatic rings. The van der Waals surface area contributed by atoms with E-state index in [0.29, 0.717) is 18.6 Å². The summed E-state index contributed by atoms with van der Waals surface area (Å²) in [7, 11) is 0.170. The first kappa shape index (κ1) is 23.6. The molecule has 1 aliphatic heterocycles. The van der Waals surface area contributed by atoms with Crippen LogP contribution in [0.3, 0.4) is 0 Å². The highest BCUT2D eigenvalue weighted by molar-refractivity contribution is 7.89. The van der Waals surface area contributed by atoms with Crippen LogP contribution in [0.2, 0.25) is 0 Å². The number of amides is 1. The van der Waals surface area contributed by atoms with Gasteiger partial charge in [-0.25, -0.2) is 13.9 Å². The van der Waals surface area contributed by atoms with Crippen LogP contribution in [0.15, 0.2) is 41.3 Å². The Hall–Kier alpha value is -3.02. The first-order valence-electron chi connectivity index (χ1n) is 9.86. The van der Waals surface area contributed by atoms with E-state index in [1.54, 1.807) is 31.4 Å². The molecule has 3 rings (SSSR count). The Labute approximate surface area is 186 Å². The van der Waals surface area contributed by atoms with Crippen molar-refractivity contribution in [2.75, 3.05) is 34.4 Å². The number of hydroxylamine groups is 1. The van der Waals surface area contributed by atoms with Gasteiger partial charge in [-0.05, 0) is 49.2 Å². The van der Waals surface area contributed by atoms with Gasteiger partial charge >= 0.3 is 0 Å². The molecular weight excluding hydrogens is 440 g/mol. The smallest absolute Gasteiger partial charge is 0.279 e. The zero-order chi connectivity index (χ0) is 23.3. The summed E-state index contributed by atoms with van der Waals surface area (Å²) in [5, 5.41) is 9.15. The lowest BCUT2D eigenvalue weighted by atomic mass is 10.1. The van der Waals surface area contributed by atoms with Crippen LogP contribution in [0.1, 0.15) is 23.2 Å². The molecule has 1 fully saturated rings. The average Bonchev–Trinajstić information content (AvgIpc) is 2.83. The second-order valence-electron chi connectivity index (χ2n) is 7.01. The minimum Gasteiger partial charge on any atom is -0.497 e. The number of methoxy groups -OCH3 is 3. The van der Waals surface area contributed by atoms with Crippen LogP contribution in [0.4, 0.5) is 0 Å². The largest absolute Gasteiger partial charge is 0.497 e. The number of nitrogens with one attached hydrogen (secondary N) is 1. The zero-order valence-electron chi connectivity index (χ0n) is 18.0. The molecule has 0 spiro atoms. The fourth-order valence-electron chi connectivity index (χ4n) is 3.57. The van der Waals surface area contributed by atoms with E-state index in [0.717, 1.165) is 5.75 Å². The van der Waals surface area contributed by atoms with Gasteiger partial charge < -0.3 is 18.9 Å². The standard InChI is InChI=1S/C21H26N2O8S/c1-28-14-4-6-15(7-5-14)31-16-10-12-23(13-11-16)32(26,27)18-9-8-17(29-2)20(30-3)19(18)21(24)22-25/h4-9,16,25H,10-13H2,1-3H3,(H,22,24). The van der Waals surface area contributed by atoms with Gasteiger partial charge in [-0.2, -0.15) is 4.31 Å². The zero-order valence-corrected chi connectivity index (χ0v) is 18.8. The van der Waals surface area contributed by atoms with E-state index in [1.807, 2.05) is 0 Å². The highest BCUT2D eigenvalue weighted by Gasteiger charge is 2.35. The van der Waals surface area contributed by atoms with Gasteiger partial charge in [0.15, 0.2) is 11.5 Å². The minimum absolute atomic E-state index is 0.0853. The van der Waals surface area contributed by atoms with Gasteiger partial charge in [-0.1, -0.05) is 0 Å². The molecule has 11 heteroatoms. The van der Waals surface area contributed by atoms with Crippen molar-refractivity contribution in [2.45, 2.75) is 23.8 Å². The molecule has 1 heterocycles. The summed E-state index contributed by atoms with van der Waals surface area (Å²) in [4.78, 5) is 12.0. The number of carbonyl (C=O) groups excluding carboxylic acids is 1. The molecule has 0 unspecified atom stereocenters. The lowest BCUT2D eigenvalue weighted by Gasteiger charge is -2.32. The fourth-order valence-corrected chi connectivity index (χ4v) is 5.22.